The van der Waals surface area contributed by atoms with Crippen molar-refractivity contribution in [3.05, 3.63) is 41.1 Å². The molecule has 1 aromatic carbocycles. The molecule has 0 atom stereocenters. The second kappa shape index (κ2) is 5.79. The van der Waals surface area contributed by atoms with Crippen molar-refractivity contribution in [2.75, 3.05) is 6.54 Å². The number of aryl methyl sites for hydroxylation is 2. The molecule has 0 spiro atoms. The van der Waals surface area contributed by atoms with Crippen molar-refractivity contribution in [1.82, 2.24) is 4.98 Å². The van der Waals surface area contributed by atoms with Crippen molar-refractivity contribution in [2.24, 2.45) is 5.73 Å². The van der Waals surface area contributed by atoms with Crippen molar-refractivity contribution in [1.29, 1.82) is 0 Å². The summed E-state index contributed by atoms with van der Waals surface area (Å²) in [4.78, 5) is 4.30. The maximum Gasteiger partial charge on any atom is 0.416 e. The van der Waals surface area contributed by atoms with Crippen LogP contribution in [0.15, 0.2) is 24.3 Å². The number of benzene rings is 1. The Bertz CT molecular complexity index is 606. The normalized spacial score (nSPS) is 12.1. The van der Waals surface area contributed by atoms with E-state index in [-0.39, 0.29) is 0 Å². The van der Waals surface area contributed by atoms with Crippen molar-refractivity contribution >= 4 is 10.9 Å². The number of aromatic nitrogens is 1. The Morgan fingerprint density at radius 3 is 2.55 bits per heavy atom. The predicted molar refractivity (Wildman–Crippen MR) is 73.5 cm³/mol. The maximum atomic E-state index is 12.8. The quantitative estimate of drug-likeness (QED) is 0.865. The number of hydrogen-bond donors (Lipinski definition) is 1. The van der Waals surface area contributed by atoms with E-state index < -0.39 is 11.7 Å². The lowest BCUT2D eigenvalue weighted by Gasteiger charge is -2.11. The molecule has 108 valence electrons. The molecule has 20 heavy (non-hydrogen) atoms. The van der Waals surface area contributed by atoms with Gasteiger partial charge in [-0.05, 0) is 62.6 Å². The van der Waals surface area contributed by atoms with Gasteiger partial charge in [0.05, 0.1) is 11.1 Å². The zero-order valence-corrected chi connectivity index (χ0v) is 11.3. The standard InChI is InChI=1S/C15H17F3N2/c1-10-8-11(4-2-3-7-19)13-9-12(15(16,17)18)5-6-14(13)20-10/h5-6,8-9H,2-4,7,19H2,1H3. The zero-order valence-electron chi connectivity index (χ0n) is 11.3. The summed E-state index contributed by atoms with van der Waals surface area (Å²) in [6, 6.07) is 5.58. The molecule has 0 fully saturated rings. The van der Waals surface area contributed by atoms with Crippen LogP contribution < -0.4 is 5.73 Å². The van der Waals surface area contributed by atoms with Crippen molar-refractivity contribution < 1.29 is 13.2 Å². The molecule has 2 aromatic rings. The number of halogens is 3. The largest absolute Gasteiger partial charge is 0.416 e. The monoisotopic (exact) mass is 282 g/mol. The summed E-state index contributed by atoms with van der Waals surface area (Å²) >= 11 is 0. The molecule has 2 rings (SSSR count). The Labute approximate surface area is 115 Å². The van der Waals surface area contributed by atoms with E-state index >= 15 is 0 Å². The summed E-state index contributed by atoms with van der Waals surface area (Å²) in [5.41, 5.74) is 7.17. The number of rotatable bonds is 4. The van der Waals surface area contributed by atoms with Crippen LogP contribution in [0.4, 0.5) is 13.2 Å². The molecule has 0 aliphatic carbocycles. The van der Waals surface area contributed by atoms with Crippen LogP contribution in [-0.4, -0.2) is 11.5 Å². The molecule has 2 nitrogen and oxygen atoms in total. The molecule has 1 aromatic heterocycles. The smallest absolute Gasteiger partial charge is 0.330 e. The van der Waals surface area contributed by atoms with E-state index in [1.165, 1.54) is 12.1 Å². The van der Waals surface area contributed by atoms with Gasteiger partial charge in [-0.25, -0.2) is 0 Å². The Balaban J connectivity index is 2.48. The Kier molecular flexibility index (Phi) is 4.28. The summed E-state index contributed by atoms with van der Waals surface area (Å²) < 4.78 is 38.4. The third kappa shape index (κ3) is 3.28. The van der Waals surface area contributed by atoms with E-state index in [2.05, 4.69) is 4.98 Å². The van der Waals surface area contributed by atoms with Gasteiger partial charge < -0.3 is 5.73 Å². The van der Waals surface area contributed by atoms with E-state index in [4.69, 9.17) is 5.73 Å². The Morgan fingerprint density at radius 2 is 1.90 bits per heavy atom. The second-order valence-electron chi connectivity index (χ2n) is 4.90. The van der Waals surface area contributed by atoms with Gasteiger partial charge in [-0.15, -0.1) is 0 Å². The van der Waals surface area contributed by atoms with Crippen molar-refractivity contribution in [3.63, 3.8) is 0 Å². The van der Waals surface area contributed by atoms with Gasteiger partial charge in [0.1, 0.15) is 0 Å². The van der Waals surface area contributed by atoms with Gasteiger partial charge in [0.25, 0.3) is 0 Å². The van der Waals surface area contributed by atoms with Gasteiger partial charge in [0.2, 0.25) is 0 Å². The number of unbranched alkanes of at least 4 members (excludes halogenated alkanes) is 1. The van der Waals surface area contributed by atoms with Crippen LogP contribution in [0.2, 0.25) is 0 Å². The third-order valence-corrected chi connectivity index (χ3v) is 3.25. The predicted octanol–water partition coefficient (Wildman–Crippen LogP) is 3.84. The summed E-state index contributed by atoms with van der Waals surface area (Å²) in [7, 11) is 0. The van der Waals surface area contributed by atoms with Crippen LogP contribution in [0, 0.1) is 6.92 Å². The van der Waals surface area contributed by atoms with Gasteiger partial charge in [-0.2, -0.15) is 13.2 Å². The van der Waals surface area contributed by atoms with Crippen LogP contribution in [-0.2, 0) is 12.6 Å². The van der Waals surface area contributed by atoms with Gasteiger partial charge >= 0.3 is 6.18 Å². The first-order chi connectivity index (χ1) is 9.41. The van der Waals surface area contributed by atoms with Gasteiger partial charge in [-0.3, -0.25) is 4.98 Å². The SMILES string of the molecule is Cc1cc(CCCCN)c2cc(C(F)(F)F)ccc2n1. The fourth-order valence-electron chi connectivity index (χ4n) is 2.29. The Hall–Kier alpha value is -1.62. The van der Waals surface area contributed by atoms with E-state index in [1.807, 2.05) is 13.0 Å². The van der Waals surface area contributed by atoms with Crippen molar-refractivity contribution in [2.45, 2.75) is 32.4 Å². The van der Waals surface area contributed by atoms with Crippen LogP contribution >= 0.6 is 0 Å². The highest BCUT2D eigenvalue weighted by Crippen LogP contribution is 2.32. The number of fused-ring (bicyclic) bond motifs is 1. The highest BCUT2D eigenvalue weighted by molar-refractivity contribution is 5.83. The lowest BCUT2D eigenvalue weighted by molar-refractivity contribution is -0.137. The maximum absolute atomic E-state index is 12.8. The lowest BCUT2D eigenvalue weighted by atomic mass is 10.0. The zero-order chi connectivity index (χ0) is 14.8. The van der Waals surface area contributed by atoms with E-state index in [0.29, 0.717) is 17.4 Å². The second-order valence-corrected chi connectivity index (χ2v) is 4.90. The van der Waals surface area contributed by atoms with Crippen LogP contribution in [0.1, 0.15) is 29.7 Å². The van der Waals surface area contributed by atoms with E-state index in [0.717, 1.165) is 36.6 Å². The molecule has 2 N–H and O–H groups in total. The topological polar surface area (TPSA) is 38.9 Å². The first kappa shape index (κ1) is 14.8. The Morgan fingerprint density at radius 1 is 1.15 bits per heavy atom. The number of nitrogens with two attached hydrogens (primary N) is 1. The third-order valence-electron chi connectivity index (χ3n) is 3.25. The fourth-order valence-corrected chi connectivity index (χ4v) is 2.29. The van der Waals surface area contributed by atoms with Gasteiger partial charge in [-0.1, -0.05) is 0 Å². The van der Waals surface area contributed by atoms with Crippen molar-refractivity contribution in [3.8, 4) is 0 Å². The molecule has 0 unspecified atom stereocenters. The molecule has 0 aliphatic rings. The molecule has 0 aliphatic heterocycles. The highest BCUT2D eigenvalue weighted by atomic mass is 19.4. The number of hydrogen-bond acceptors (Lipinski definition) is 2. The summed E-state index contributed by atoms with van der Waals surface area (Å²) in [6.07, 6.45) is -1.88. The first-order valence-electron chi connectivity index (χ1n) is 6.59. The molecule has 0 bridgehead atoms. The number of alkyl halides is 3. The van der Waals surface area contributed by atoms with Gasteiger partial charge in [0.15, 0.2) is 0 Å². The summed E-state index contributed by atoms with van der Waals surface area (Å²) in [6.45, 7) is 2.44. The molecule has 0 saturated heterocycles. The molecule has 1 heterocycles. The fraction of sp³-hybridized carbons (Fsp3) is 0.400. The number of pyridine rings is 1. The first-order valence-corrected chi connectivity index (χ1v) is 6.59. The molecular weight excluding hydrogens is 265 g/mol. The minimum absolute atomic E-state index is 0.586. The van der Waals surface area contributed by atoms with Crippen LogP contribution in [0.5, 0.6) is 0 Å². The average molecular weight is 282 g/mol. The average Bonchev–Trinajstić information content (AvgIpc) is 2.37. The number of nitrogens with zero attached hydrogens (tertiary/aromatic N) is 1. The summed E-state index contributed by atoms with van der Waals surface area (Å²) in [5.74, 6) is 0. The molecule has 0 amide bonds. The summed E-state index contributed by atoms with van der Waals surface area (Å²) in [5, 5.41) is 0.586. The highest BCUT2D eigenvalue weighted by Gasteiger charge is 2.30. The minimum Gasteiger partial charge on any atom is -0.330 e. The van der Waals surface area contributed by atoms with Crippen LogP contribution in [0.3, 0.4) is 0 Å². The van der Waals surface area contributed by atoms with E-state index in [9.17, 15) is 13.2 Å². The molecular formula is C15H17F3N2. The lowest BCUT2D eigenvalue weighted by Crippen LogP contribution is -2.05. The molecule has 0 saturated carbocycles. The van der Waals surface area contributed by atoms with Crippen LogP contribution in [0.25, 0.3) is 10.9 Å². The van der Waals surface area contributed by atoms with E-state index in [1.54, 1.807) is 0 Å². The minimum atomic E-state index is -4.33. The molecule has 0 radical (unpaired) electrons. The van der Waals surface area contributed by atoms with Gasteiger partial charge in [0, 0.05) is 11.1 Å². The molecule has 5 heteroatoms.